The number of carbonyl (C=O) groups is 2. The zero-order chi connectivity index (χ0) is 14.1. The van der Waals surface area contributed by atoms with Crippen LogP contribution in [-0.2, 0) is 9.53 Å². The highest BCUT2D eigenvalue weighted by Crippen LogP contribution is 2.33. The smallest absolute Gasteiger partial charge is 0.310 e. The standard InChI is InChI=1S/C14H14N2O3S/c1-19-14(18)9-3-5-16(7-9)13-11-6-10(8-17)20-12(11)2-4-15-13/h2,4,6,8-9H,3,5,7H2,1H3. The Morgan fingerprint density at radius 3 is 3.20 bits per heavy atom. The normalized spacial score (nSPS) is 18.4. The van der Waals surface area contributed by atoms with Crippen LogP contribution >= 0.6 is 11.3 Å². The molecule has 0 aromatic carbocycles. The zero-order valence-electron chi connectivity index (χ0n) is 11.0. The molecule has 3 heterocycles. The lowest BCUT2D eigenvalue weighted by atomic mass is 10.1. The molecule has 20 heavy (non-hydrogen) atoms. The Balaban J connectivity index is 1.93. The van der Waals surface area contributed by atoms with Crippen LogP contribution in [0.5, 0.6) is 0 Å². The highest BCUT2D eigenvalue weighted by atomic mass is 32.1. The number of esters is 1. The Morgan fingerprint density at radius 1 is 1.60 bits per heavy atom. The fourth-order valence-electron chi connectivity index (χ4n) is 2.59. The van der Waals surface area contributed by atoms with Crippen LogP contribution in [-0.4, -0.2) is 37.4 Å². The number of methoxy groups -OCH3 is 1. The zero-order valence-corrected chi connectivity index (χ0v) is 11.9. The van der Waals surface area contributed by atoms with Gasteiger partial charge in [0.15, 0.2) is 6.29 Å². The van der Waals surface area contributed by atoms with Gasteiger partial charge in [0.05, 0.1) is 17.9 Å². The van der Waals surface area contributed by atoms with E-state index in [9.17, 15) is 9.59 Å². The summed E-state index contributed by atoms with van der Waals surface area (Å²) in [6.45, 7) is 1.39. The van der Waals surface area contributed by atoms with E-state index in [0.717, 1.165) is 35.2 Å². The molecule has 5 nitrogen and oxygen atoms in total. The summed E-state index contributed by atoms with van der Waals surface area (Å²) in [7, 11) is 1.42. The van der Waals surface area contributed by atoms with Gasteiger partial charge in [-0.25, -0.2) is 4.98 Å². The van der Waals surface area contributed by atoms with Gasteiger partial charge in [0.2, 0.25) is 0 Å². The molecular weight excluding hydrogens is 276 g/mol. The van der Waals surface area contributed by atoms with Gasteiger partial charge < -0.3 is 9.64 Å². The monoisotopic (exact) mass is 290 g/mol. The highest BCUT2D eigenvalue weighted by Gasteiger charge is 2.30. The number of anilines is 1. The SMILES string of the molecule is COC(=O)C1CCN(c2nccc3sc(C=O)cc23)C1. The van der Waals surface area contributed by atoms with Gasteiger partial charge >= 0.3 is 5.97 Å². The van der Waals surface area contributed by atoms with Crippen LogP contribution in [0.1, 0.15) is 16.1 Å². The van der Waals surface area contributed by atoms with Gasteiger partial charge in [-0.15, -0.1) is 11.3 Å². The van der Waals surface area contributed by atoms with E-state index in [1.54, 1.807) is 6.20 Å². The Kier molecular flexibility index (Phi) is 3.40. The number of pyridine rings is 1. The lowest BCUT2D eigenvalue weighted by molar-refractivity contribution is -0.144. The molecule has 0 bridgehead atoms. The lowest BCUT2D eigenvalue weighted by Gasteiger charge is -2.17. The quantitative estimate of drug-likeness (QED) is 0.640. The minimum absolute atomic E-state index is 0.0961. The molecule has 2 aromatic rings. The first-order chi connectivity index (χ1) is 9.72. The van der Waals surface area contributed by atoms with Crippen molar-refractivity contribution in [2.24, 2.45) is 5.92 Å². The minimum Gasteiger partial charge on any atom is -0.469 e. The predicted molar refractivity (Wildman–Crippen MR) is 77.3 cm³/mol. The average molecular weight is 290 g/mol. The first-order valence-electron chi connectivity index (χ1n) is 6.39. The molecule has 0 aliphatic carbocycles. The number of carbonyl (C=O) groups excluding carboxylic acids is 2. The molecule has 0 N–H and O–H groups in total. The summed E-state index contributed by atoms with van der Waals surface area (Å²) in [5, 5.41) is 0.977. The molecule has 3 rings (SSSR count). The van der Waals surface area contributed by atoms with Crippen LogP contribution in [0.3, 0.4) is 0 Å². The van der Waals surface area contributed by atoms with Gasteiger partial charge in [-0.3, -0.25) is 9.59 Å². The fraction of sp³-hybridized carbons (Fsp3) is 0.357. The number of hydrogen-bond donors (Lipinski definition) is 0. The highest BCUT2D eigenvalue weighted by molar-refractivity contribution is 7.20. The summed E-state index contributed by atoms with van der Waals surface area (Å²) in [5.41, 5.74) is 0. The number of fused-ring (bicyclic) bond motifs is 1. The number of thiophene rings is 1. The van der Waals surface area contributed by atoms with Crippen molar-refractivity contribution in [1.82, 2.24) is 4.98 Å². The summed E-state index contributed by atoms with van der Waals surface area (Å²) in [5.74, 6) is 0.582. The molecule has 2 aromatic heterocycles. The van der Waals surface area contributed by atoms with Crippen molar-refractivity contribution in [1.29, 1.82) is 0 Å². The molecule has 0 saturated carbocycles. The third kappa shape index (κ3) is 2.16. The van der Waals surface area contributed by atoms with Crippen LogP contribution in [0, 0.1) is 5.92 Å². The van der Waals surface area contributed by atoms with Crippen LogP contribution in [0.4, 0.5) is 5.82 Å². The molecule has 1 unspecified atom stereocenters. The third-order valence-electron chi connectivity index (χ3n) is 3.58. The molecule has 1 aliphatic heterocycles. The van der Waals surface area contributed by atoms with Crippen LogP contribution in [0.2, 0.25) is 0 Å². The second-order valence-electron chi connectivity index (χ2n) is 4.77. The molecule has 6 heteroatoms. The number of aldehydes is 1. The van der Waals surface area contributed by atoms with Gasteiger partial charge in [-0.2, -0.15) is 0 Å². The Morgan fingerprint density at radius 2 is 2.45 bits per heavy atom. The maximum absolute atomic E-state index is 11.6. The number of nitrogens with zero attached hydrogens (tertiary/aromatic N) is 2. The lowest BCUT2D eigenvalue weighted by Crippen LogP contribution is -2.24. The van der Waals surface area contributed by atoms with Gasteiger partial charge in [0.1, 0.15) is 5.82 Å². The molecule has 0 radical (unpaired) electrons. The van der Waals surface area contributed by atoms with E-state index in [-0.39, 0.29) is 11.9 Å². The van der Waals surface area contributed by atoms with Crippen molar-refractivity contribution in [2.75, 3.05) is 25.1 Å². The number of rotatable bonds is 3. The molecular formula is C14H14N2O3S. The van der Waals surface area contributed by atoms with Crippen LogP contribution in [0.15, 0.2) is 18.3 Å². The third-order valence-corrected chi connectivity index (χ3v) is 4.61. The molecule has 1 fully saturated rings. The van der Waals surface area contributed by atoms with Crippen LogP contribution < -0.4 is 4.90 Å². The molecule has 0 amide bonds. The van der Waals surface area contributed by atoms with E-state index in [1.807, 2.05) is 12.1 Å². The largest absolute Gasteiger partial charge is 0.469 e. The molecule has 0 spiro atoms. The van der Waals surface area contributed by atoms with Crippen molar-refractivity contribution >= 4 is 39.5 Å². The molecule has 1 aliphatic rings. The van der Waals surface area contributed by atoms with Crippen molar-refractivity contribution in [3.05, 3.63) is 23.2 Å². The second-order valence-corrected chi connectivity index (χ2v) is 5.88. The van der Waals surface area contributed by atoms with Crippen molar-refractivity contribution in [3.63, 3.8) is 0 Å². The summed E-state index contributed by atoms with van der Waals surface area (Å²) >= 11 is 1.46. The molecule has 104 valence electrons. The van der Waals surface area contributed by atoms with E-state index in [0.29, 0.717) is 11.4 Å². The first kappa shape index (κ1) is 13.1. The van der Waals surface area contributed by atoms with E-state index >= 15 is 0 Å². The molecule has 1 saturated heterocycles. The predicted octanol–water partition coefficient (Wildman–Crippen LogP) is 2.11. The van der Waals surface area contributed by atoms with E-state index < -0.39 is 0 Å². The first-order valence-corrected chi connectivity index (χ1v) is 7.21. The summed E-state index contributed by atoms with van der Waals surface area (Å²) in [6, 6.07) is 3.77. The maximum atomic E-state index is 11.6. The van der Waals surface area contributed by atoms with Gasteiger partial charge in [0, 0.05) is 29.4 Å². The van der Waals surface area contributed by atoms with Gasteiger partial charge in [-0.1, -0.05) is 0 Å². The van der Waals surface area contributed by atoms with Gasteiger partial charge in [0.25, 0.3) is 0 Å². The average Bonchev–Trinajstić information content (AvgIpc) is 3.12. The van der Waals surface area contributed by atoms with E-state index in [4.69, 9.17) is 4.74 Å². The number of aromatic nitrogens is 1. The van der Waals surface area contributed by atoms with Crippen molar-refractivity contribution in [3.8, 4) is 0 Å². The molecule has 1 atom stereocenters. The Hall–Kier alpha value is -1.95. The van der Waals surface area contributed by atoms with E-state index in [2.05, 4.69) is 9.88 Å². The Labute approximate surface area is 120 Å². The number of ether oxygens (including phenoxy) is 1. The van der Waals surface area contributed by atoms with Crippen molar-refractivity contribution < 1.29 is 14.3 Å². The summed E-state index contributed by atoms with van der Waals surface area (Å²) in [6.07, 6.45) is 3.37. The van der Waals surface area contributed by atoms with E-state index in [1.165, 1.54) is 18.4 Å². The topological polar surface area (TPSA) is 59.5 Å². The minimum atomic E-state index is -0.168. The summed E-state index contributed by atoms with van der Waals surface area (Å²) in [4.78, 5) is 29.7. The van der Waals surface area contributed by atoms with Gasteiger partial charge in [-0.05, 0) is 18.6 Å². The van der Waals surface area contributed by atoms with Crippen LogP contribution in [0.25, 0.3) is 10.1 Å². The maximum Gasteiger partial charge on any atom is 0.310 e. The summed E-state index contributed by atoms with van der Waals surface area (Å²) < 4.78 is 5.84. The van der Waals surface area contributed by atoms with Crippen molar-refractivity contribution in [2.45, 2.75) is 6.42 Å². The second kappa shape index (κ2) is 5.20. The fourth-order valence-corrected chi connectivity index (χ4v) is 3.46. The number of hydrogen-bond acceptors (Lipinski definition) is 6. The Bertz CT molecular complexity index is 667.